The minimum Gasteiger partial charge on any atom is -0.384 e. The van der Waals surface area contributed by atoms with Crippen molar-refractivity contribution in [2.75, 3.05) is 20.3 Å². The maximum atomic E-state index is 5.28. The smallest absolute Gasteiger partial charge is 0.0499 e. The van der Waals surface area contributed by atoms with E-state index in [0.717, 1.165) is 6.61 Å². The fraction of sp³-hybridized carbons (Fsp3) is 1.00. The third-order valence-electron chi connectivity index (χ3n) is 0.854. The van der Waals surface area contributed by atoms with Gasteiger partial charge in [0.25, 0.3) is 0 Å². The molecule has 2 nitrogen and oxygen atoms in total. The van der Waals surface area contributed by atoms with Gasteiger partial charge in [-0.2, -0.15) is 0 Å². The van der Waals surface area contributed by atoms with E-state index in [1.165, 1.54) is 0 Å². The molecule has 0 saturated carbocycles. The SMILES string of the molecule is COCC(C)CN.[HH]. The van der Waals surface area contributed by atoms with Gasteiger partial charge in [-0.1, -0.05) is 6.92 Å². The highest BCUT2D eigenvalue weighted by atomic mass is 16.5. The molecule has 0 aliphatic rings. The highest BCUT2D eigenvalue weighted by molar-refractivity contribution is 4.47. The standard InChI is InChI=1S/C5H13NO.H2/c1-5(3-6)4-7-2;/h5H,3-4,6H2,1-2H3;1H. The Kier molecular flexibility index (Phi) is 4.04. The third-order valence-corrected chi connectivity index (χ3v) is 0.854. The molecule has 0 aliphatic carbocycles. The van der Waals surface area contributed by atoms with Gasteiger partial charge in [0.15, 0.2) is 0 Å². The number of hydrogen-bond acceptors (Lipinski definition) is 2. The Morgan fingerprint density at radius 2 is 2.43 bits per heavy atom. The lowest BCUT2D eigenvalue weighted by Gasteiger charge is -2.03. The second-order valence-corrected chi connectivity index (χ2v) is 1.80. The van der Waals surface area contributed by atoms with Gasteiger partial charge in [0.2, 0.25) is 0 Å². The lowest BCUT2D eigenvalue weighted by molar-refractivity contribution is 0.162. The van der Waals surface area contributed by atoms with Gasteiger partial charge in [-0.15, -0.1) is 0 Å². The van der Waals surface area contributed by atoms with E-state index in [9.17, 15) is 0 Å². The normalized spacial score (nSPS) is 14.1. The first-order valence-corrected chi connectivity index (χ1v) is 2.50. The van der Waals surface area contributed by atoms with Crippen LogP contribution in [0, 0.1) is 5.92 Å². The van der Waals surface area contributed by atoms with Crippen LogP contribution in [0.25, 0.3) is 0 Å². The summed E-state index contributed by atoms with van der Waals surface area (Å²) in [6.45, 7) is 3.55. The highest BCUT2D eigenvalue weighted by Gasteiger charge is 1.93. The third kappa shape index (κ3) is 3.76. The number of ether oxygens (including phenoxy) is 1. The van der Waals surface area contributed by atoms with Gasteiger partial charge in [0.05, 0.1) is 0 Å². The molecule has 0 aromatic rings. The monoisotopic (exact) mass is 105 g/mol. The molecule has 0 aromatic carbocycles. The molecule has 0 heterocycles. The van der Waals surface area contributed by atoms with Crippen molar-refractivity contribution in [2.45, 2.75) is 6.92 Å². The summed E-state index contributed by atoms with van der Waals surface area (Å²) in [5.74, 6) is 0.505. The van der Waals surface area contributed by atoms with Crippen molar-refractivity contribution in [1.29, 1.82) is 0 Å². The first-order chi connectivity index (χ1) is 3.31. The van der Waals surface area contributed by atoms with E-state index in [1.807, 2.05) is 0 Å². The molecule has 2 N–H and O–H groups in total. The molecule has 46 valence electrons. The fourth-order valence-electron chi connectivity index (χ4n) is 0.353. The number of rotatable bonds is 3. The van der Waals surface area contributed by atoms with Crippen LogP contribution in [0.2, 0.25) is 0 Å². The Bertz CT molecular complexity index is 43.4. The molecule has 1 unspecified atom stereocenters. The Balaban J connectivity index is 0. The van der Waals surface area contributed by atoms with Crippen LogP contribution in [0.5, 0.6) is 0 Å². The Morgan fingerprint density at radius 1 is 1.86 bits per heavy atom. The van der Waals surface area contributed by atoms with Crippen LogP contribution in [0.15, 0.2) is 0 Å². The second kappa shape index (κ2) is 4.09. The van der Waals surface area contributed by atoms with Crippen LogP contribution in [-0.4, -0.2) is 20.3 Å². The maximum absolute atomic E-state index is 5.28. The van der Waals surface area contributed by atoms with E-state index in [2.05, 4.69) is 6.92 Å². The van der Waals surface area contributed by atoms with Crippen LogP contribution in [-0.2, 0) is 4.74 Å². The maximum Gasteiger partial charge on any atom is 0.0499 e. The molecular formula is C5H15NO. The lowest BCUT2D eigenvalue weighted by atomic mass is 10.2. The van der Waals surface area contributed by atoms with Gasteiger partial charge in [-0.25, -0.2) is 0 Å². The van der Waals surface area contributed by atoms with Gasteiger partial charge < -0.3 is 10.5 Å². The number of hydrogen-bond donors (Lipinski definition) is 1. The molecule has 2 heteroatoms. The van der Waals surface area contributed by atoms with Crippen LogP contribution >= 0.6 is 0 Å². The summed E-state index contributed by atoms with van der Waals surface area (Å²) in [4.78, 5) is 0. The van der Waals surface area contributed by atoms with E-state index in [4.69, 9.17) is 10.5 Å². The molecular weight excluding hydrogens is 90.1 g/mol. The van der Waals surface area contributed by atoms with Crippen molar-refractivity contribution in [3.63, 3.8) is 0 Å². The fourth-order valence-corrected chi connectivity index (χ4v) is 0.353. The van der Waals surface area contributed by atoms with Crippen molar-refractivity contribution < 1.29 is 6.16 Å². The predicted octanol–water partition coefficient (Wildman–Crippen LogP) is 0.474. The molecule has 7 heavy (non-hydrogen) atoms. The van der Waals surface area contributed by atoms with Crippen LogP contribution in [0.4, 0.5) is 0 Å². The largest absolute Gasteiger partial charge is 0.384 e. The van der Waals surface area contributed by atoms with E-state index in [0.29, 0.717) is 12.5 Å². The molecule has 0 radical (unpaired) electrons. The minimum absolute atomic E-state index is 0. The predicted molar refractivity (Wildman–Crippen MR) is 32.2 cm³/mol. The summed E-state index contributed by atoms with van der Waals surface area (Å²) in [5.41, 5.74) is 5.28. The lowest BCUT2D eigenvalue weighted by Crippen LogP contribution is -2.15. The van der Waals surface area contributed by atoms with E-state index in [-0.39, 0.29) is 1.43 Å². The van der Waals surface area contributed by atoms with Gasteiger partial charge in [-0.3, -0.25) is 0 Å². The summed E-state index contributed by atoms with van der Waals surface area (Å²) < 4.78 is 4.81. The van der Waals surface area contributed by atoms with E-state index < -0.39 is 0 Å². The van der Waals surface area contributed by atoms with Crippen molar-refractivity contribution in [2.24, 2.45) is 11.7 Å². The molecule has 0 rings (SSSR count). The summed E-state index contributed by atoms with van der Waals surface area (Å²) in [5, 5.41) is 0. The number of nitrogens with two attached hydrogens (primary N) is 1. The molecule has 0 fully saturated rings. The average Bonchev–Trinajstić information content (AvgIpc) is 1.68. The van der Waals surface area contributed by atoms with Crippen LogP contribution in [0.1, 0.15) is 8.35 Å². The van der Waals surface area contributed by atoms with Crippen molar-refractivity contribution in [3.8, 4) is 0 Å². The van der Waals surface area contributed by atoms with Crippen LogP contribution < -0.4 is 5.73 Å². The van der Waals surface area contributed by atoms with Crippen molar-refractivity contribution in [1.82, 2.24) is 0 Å². The van der Waals surface area contributed by atoms with Crippen LogP contribution in [0.3, 0.4) is 0 Å². The molecule has 0 amide bonds. The van der Waals surface area contributed by atoms with Gasteiger partial charge in [0.1, 0.15) is 0 Å². The molecule has 1 atom stereocenters. The Labute approximate surface area is 46.1 Å². The first-order valence-electron chi connectivity index (χ1n) is 2.50. The van der Waals surface area contributed by atoms with Crippen molar-refractivity contribution >= 4 is 0 Å². The summed E-state index contributed by atoms with van der Waals surface area (Å²) in [6, 6.07) is 0. The summed E-state index contributed by atoms with van der Waals surface area (Å²) in [6.07, 6.45) is 0. The topological polar surface area (TPSA) is 35.2 Å². The molecule has 0 spiro atoms. The summed E-state index contributed by atoms with van der Waals surface area (Å²) in [7, 11) is 1.69. The molecule has 0 aromatic heterocycles. The van der Waals surface area contributed by atoms with E-state index >= 15 is 0 Å². The molecule has 0 aliphatic heterocycles. The van der Waals surface area contributed by atoms with Gasteiger partial charge >= 0.3 is 0 Å². The Morgan fingerprint density at radius 3 is 2.57 bits per heavy atom. The highest BCUT2D eigenvalue weighted by Crippen LogP contribution is 1.88. The van der Waals surface area contributed by atoms with Gasteiger partial charge in [0, 0.05) is 15.1 Å². The number of methoxy groups -OCH3 is 1. The average molecular weight is 105 g/mol. The molecule has 0 saturated heterocycles. The second-order valence-electron chi connectivity index (χ2n) is 1.80. The molecule has 0 bridgehead atoms. The van der Waals surface area contributed by atoms with Gasteiger partial charge in [-0.05, 0) is 12.5 Å². The van der Waals surface area contributed by atoms with E-state index in [1.54, 1.807) is 7.11 Å². The first kappa shape index (κ1) is 6.92. The quantitative estimate of drug-likeness (QED) is 0.566. The minimum atomic E-state index is 0. The zero-order valence-electron chi connectivity index (χ0n) is 4.98. The summed E-state index contributed by atoms with van der Waals surface area (Å²) >= 11 is 0. The zero-order valence-corrected chi connectivity index (χ0v) is 4.98. The van der Waals surface area contributed by atoms with Crippen molar-refractivity contribution in [3.05, 3.63) is 0 Å². The zero-order chi connectivity index (χ0) is 5.70. The Hall–Kier alpha value is -0.0800.